The molecule has 1 amide bonds. The van der Waals surface area contributed by atoms with Gasteiger partial charge in [0.15, 0.2) is 0 Å². The van der Waals surface area contributed by atoms with Gasteiger partial charge in [-0.05, 0) is 27.2 Å². The van der Waals surface area contributed by atoms with E-state index in [0.717, 1.165) is 22.8 Å². The van der Waals surface area contributed by atoms with Gasteiger partial charge in [-0.25, -0.2) is 4.98 Å². The Morgan fingerprint density at radius 2 is 2.32 bits per heavy atom. The van der Waals surface area contributed by atoms with Crippen molar-refractivity contribution in [1.82, 2.24) is 20.4 Å². The second-order valence-corrected chi connectivity index (χ2v) is 4.57. The van der Waals surface area contributed by atoms with E-state index in [9.17, 15) is 4.79 Å². The van der Waals surface area contributed by atoms with Crippen LogP contribution in [0.3, 0.4) is 0 Å². The van der Waals surface area contributed by atoms with Crippen molar-refractivity contribution in [1.29, 1.82) is 0 Å². The third kappa shape index (κ3) is 3.21. The number of carbonyl (C=O) groups excluding carboxylic acids is 1. The van der Waals surface area contributed by atoms with Gasteiger partial charge in [-0.15, -0.1) is 0 Å². The van der Waals surface area contributed by atoms with E-state index in [4.69, 9.17) is 4.52 Å². The number of nitrogens with zero attached hydrogens (tertiary/aromatic N) is 2. The average Bonchev–Trinajstić information content (AvgIpc) is 2.98. The molecule has 0 spiro atoms. The van der Waals surface area contributed by atoms with Crippen molar-refractivity contribution in [2.24, 2.45) is 0 Å². The van der Waals surface area contributed by atoms with Crippen LogP contribution < -0.4 is 5.32 Å². The first-order valence-corrected chi connectivity index (χ1v) is 6.28. The van der Waals surface area contributed by atoms with Crippen molar-refractivity contribution in [3.05, 3.63) is 35.2 Å². The summed E-state index contributed by atoms with van der Waals surface area (Å²) in [6.07, 6.45) is 4.45. The molecule has 1 unspecified atom stereocenters. The lowest BCUT2D eigenvalue weighted by molar-refractivity contribution is -0.121. The van der Waals surface area contributed by atoms with Crippen molar-refractivity contribution in [3.8, 4) is 0 Å². The molecule has 0 aliphatic carbocycles. The number of aromatic amines is 1. The number of hydrogen-bond acceptors (Lipinski definition) is 4. The minimum atomic E-state index is -0.118. The van der Waals surface area contributed by atoms with E-state index in [0.29, 0.717) is 12.8 Å². The van der Waals surface area contributed by atoms with Gasteiger partial charge >= 0.3 is 0 Å². The van der Waals surface area contributed by atoms with Crippen LogP contribution in [0.1, 0.15) is 42.2 Å². The third-order valence-corrected chi connectivity index (χ3v) is 3.09. The zero-order valence-electron chi connectivity index (χ0n) is 11.4. The summed E-state index contributed by atoms with van der Waals surface area (Å²) in [7, 11) is 0. The molecule has 2 rings (SSSR count). The van der Waals surface area contributed by atoms with Crippen LogP contribution in [0.2, 0.25) is 0 Å². The second-order valence-electron chi connectivity index (χ2n) is 4.57. The van der Waals surface area contributed by atoms with Crippen LogP contribution in [-0.2, 0) is 11.2 Å². The number of aromatic nitrogens is 3. The van der Waals surface area contributed by atoms with Crippen LogP contribution in [0.25, 0.3) is 0 Å². The Morgan fingerprint density at radius 1 is 1.53 bits per heavy atom. The normalized spacial score (nSPS) is 12.4. The molecule has 2 N–H and O–H groups in total. The molecule has 0 fully saturated rings. The fraction of sp³-hybridized carbons (Fsp3) is 0.462. The summed E-state index contributed by atoms with van der Waals surface area (Å²) >= 11 is 0. The summed E-state index contributed by atoms with van der Waals surface area (Å²) in [5.41, 5.74) is 1.87. The van der Waals surface area contributed by atoms with E-state index >= 15 is 0 Å². The number of carbonyl (C=O) groups is 1. The van der Waals surface area contributed by atoms with Gasteiger partial charge < -0.3 is 14.8 Å². The van der Waals surface area contributed by atoms with Crippen LogP contribution in [0.5, 0.6) is 0 Å². The molecule has 6 heteroatoms. The molecular weight excluding hydrogens is 244 g/mol. The van der Waals surface area contributed by atoms with Crippen molar-refractivity contribution < 1.29 is 9.32 Å². The van der Waals surface area contributed by atoms with E-state index in [2.05, 4.69) is 20.4 Å². The van der Waals surface area contributed by atoms with Crippen LogP contribution >= 0.6 is 0 Å². The largest absolute Gasteiger partial charge is 0.361 e. The van der Waals surface area contributed by atoms with E-state index in [-0.39, 0.29) is 11.9 Å². The number of rotatable bonds is 5. The number of hydrogen-bond donors (Lipinski definition) is 2. The van der Waals surface area contributed by atoms with Crippen molar-refractivity contribution in [2.45, 2.75) is 39.7 Å². The van der Waals surface area contributed by atoms with Gasteiger partial charge in [-0.1, -0.05) is 5.16 Å². The first kappa shape index (κ1) is 13.3. The maximum atomic E-state index is 11.9. The smallest absolute Gasteiger partial charge is 0.220 e. The zero-order chi connectivity index (χ0) is 13.8. The van der Waals surface area contributed by atoms with Gasteiger partial charge in [0.05, 0.1) is 11.7 Å². The fourth-order valence-electron chi connectivity index (χ4n) is 1.99. The molecule has 0 radical (unpaired) electrons. The number of H-pyrrole nitrogens is 1. The number of amides is 1. The molecule has 2 heterocycles. The Kier molecular flexibility index (Phi) is 3.99. The molecule has 6 nitrogen and oxygen atoms in total. The molecule has 19 heavy (non-hydrogen) atoms. The Labute approximate surface area is 111 Å². The van der Waals surface area contributed by atoms with E-state index < -0.39 is 0 Å². The SMILES string of the molecule is Cc1noc(C)c1CCC(=O)NC(C)c1ncc[nH]1. The standard InChI is InChI=1S/C13H18N4O2/c1-8-11(10(3)19-17-8)4-5-12(18)16-9(2)13-14-6-7-15-13/h6-7,9H,4-5H2,1-3H3,(H,14,15)(H,16,18). The molecule has 0 aliphatic heterocycles. The highest BCUT2D eigenvalue weighted by molar-refractivity contribution is 5.76. The van der Waals surface area contributed by atoms with Crippen molar-refractivity contribution in [2.75, 3.05) is 0 Å². The Hall–Kier alpha value is -2.11. The van der Waals surface area contributed by atoms with Gasteiger partial charge in [0.1, 0.15) is 11.6 Å². The van der Waals surface area contributed by atoms with Gasteiger partial charge in [-0.3, -0.25) is 4.79 Å². The van der Waals surface area contributed by atoms with Crippen LogP contribution in [0.4, 0.5) is 0 Å². The first-order valence-electron chi connectivity index (χ1n) is 6.28. The topological polar surface area (TPSA) is 83.8 Å². The van der Waals surface area contributed by atoms with Gasteiger partial charge in [0, 0.05) is 24.4 Å². The number of aryl methyl sites for hydroxylation is 2. The summed E-state index contributed by atoms with van der Waals surface area (Å²) in [6, 6.07) is -0.118. The number of nitrogens with one attached hydrogen (secondary N) is 2. The van der Waals surface area contributed by atoms with Crippen molar-refractivity contribution in [3.63, 3.8) is 0 Å². The fourth-order valence-corrected chi connectivity index (χ4v) is 1.99. The molecule has 2 aromatic heterocycles. The lowest BCUT2D eigenvalue weighted by atomic mass is 10.1. The molecular formula is C13H18N4O2. The third-order valence-electron chi connectivity index (χ3n) is 3.09. The average molecular weight is 262 g/mol. The molecule has 1 atom stereocenters. The molecule has 102 valence electrons. The predicted molar refractivity (Wildman–Crippen MR) is 69.4 cm³/mol. The molecule has 0 saturated heterocycles. The quantitative estimate of drug-likeness (QED) is 0.861. The van der Waals surface area contributed by atoms with Gasteiger partial charge in [0.2, 0.25) is 5.91 Å². The monoisotopic (exact) mass is 262 g/mol. The van der Waals surface area contributed by atoms with Crippen LogP contribution in [-0.4, -0.2) is 21.0 Å². The van der Waals surface area contributed by atoms with Crippen LogP contribution in [0.15, 0.2) is 16.9 Å². The Morgan fingerprint density at radius 3 is 2.89 bits per heavy atom. The summed E-state index contributed by atoms with van der Waals surface area (Å²) < 4.78 is 5.07. The maximum Gasteiger partial charge on any atom is 0.220 e. The zero-order valence-corrected chi connectivity index (χ0v) is 11.4. The summed E-state index contributed by atoms with van der Waals surface area (Å²) in [5.74, 6) is 1.53. The van der Waals surface area contributed by atoms with Gasteiger partial charge in [0.25, 0.3) is 0 Å². The van der Waals surface area contributed by atoms with Gasteiger partial charge in [-0.2, -0.15) is 0 Å². The highest BCUT2D eigenvalue weighted by atomic mass is 16.5. The predicted octanol–water partition coefficient (Wildman–Crippen LogP) is 1.82. The summed E-state index contributed by atoms with van der Waals surface area (Å²) in [4.78, 5) is 19.0. The molecule has 0 aromatic carbocycles. The second kappa shape index (κ2) is 5.69. The Balaban J connectivity index is 1.85. The highest BCUT2D eigenvalue weighted by Crippen LogP contribution is 2.14. The van der Waals surface area contributed by atoms with E-state index in [1.807, 2.05) is 20.8 Å². The minimum Gasteiger partial charge on any atom is -0.361 e. The molecule has 0 bridgehead atoms. The van der Waals surface area contributed by atoms with E-state index in [1.165, 1.54) is 0 Å². The number of imidazole rings is 1. The molecule has 0 aliphatic rings. The summed E-state index contributed by atoms with van der Waals surface area (Å²) in [6.45, 7) is 5.64. The highest BCUT2D eigenvalue weighted by Gasteiger charge is 2.14. The molecule has 0 saturated carbocycles. The minimum absolute atomic E-state index is 0.0103. The lowest BCUT2D eigenvalue weighted by Gasteiger charge is -2.11. The Bertz CT molecular complexity index is 525. The van der Waals surface area contributed by atoms with E-state index in [1.54, 1.807) is 12.4 Å². The molecule has 2 aromatic rings. The maximum absolute atomic E-state index is 11.9. The van der Waals surface area contributed by atoms with Crippen LogP contribution in [0, 0.1) is 13.8 Å². The first-order chi connectivity index (χ1) is 9.08. The lowest BCUT2D eigenvalue weighted by Crippen LogP contribution is -2.27. The summed E-state index contributed by atoms with van der Waals surface area (Å²) in [5, 5.41) is 6.77. The van der Waals surface area contributed by atoms with Crippen molar-refractivity contribution >= 4 is 5.91 Å².